The summed E-state index contributed by atoms with van der Waals surface area (Å²) in [5.41, 5.74) is 1.75. The number of likely N-dealkylation sites (tertiary alicyclic amines) is 1. The maximum Gasteiger partial charge on any atom is 0.251 e. The van der Waals surface area contributed by atoms with Crippen LogP contribution in [0.15, 0.2) is 48.5 Å². The van der Waals surface area contributed by atoms with E-state index in [-0.39, 0.29) is 11.9 Å². The zero-order valence-electron chi connectivity index (χ0n) is 15.4. The van der Waals surface area contributed by atoms with E-state index in [2.05, 4.69) is 16.3 Å². The Bertz CT molecular complexity index is 724. The van der Waals surface area contributed by atoms with Gasteiger partial charge < -0.3 is 14.8 Å². The van der Waals surface area contributed by atoms with Gasteiger partial charge in [-0.3, -0.25) is 9.69 Å². The zero-order valence-corrected chi connectivity index (χ0v) is 15.4. The van der Waals surface area contributed by atoms with Crippen LogP contribution >= 0.6 is 0 Å². The molecule has 1 N–H and O–H groups in total. The van der Waals surface area contributed by atoms with E-state index in [0.29, 0.717) is 12.1 Å². The van der Waals surface area contributed by atoms with Gasteiger partial charge in [-0.1, -0.05) is 18.2 Å². The molecule has 0 aromatic heterocycles. The molecule has 26 heavy (non-hydrogen) atoms. The number of hydrogen-bond donors (Lipinski definition) is 1. The van der Waals surface area contributed by atoms with Crippen molar-refractivity contribution in [2.45, 2.75) is 18.9 Å². The van der Waals surface area contributed by atoms with Gasteiger partial charge in [-0.25, -0.2) is 0 Å². The molecule has 5 nitrogen and oxygen atoms in total. The molecule has 0 bridgehead atoms. The van der Waals surface area contributed by atoms with Crippen LogP contribution in [-0.4, -0.2) is 44.7 Å². The topological polar surface area (TPSA) is 50.8 Å². The van der Waals surface area contributed by atoms with Crippen LogP contribution in [0.5, 0.6) is 11.5 Å². The smallest absolute Gasteiger partial charge is 0.251 e. The summed E-state index contributed by atoms with van der Waals surface area (Å²) < 4.78 is 10.7. The molecule has 1 unspecified atom stereocenters. The number of amides is 1. The lowest BCUT2D eigenvalue weighted by molar-refractivity contribution is 0.0937. The van der Waals surface area contributed by atoms with Crippen molar-refractivity contribution in [2.75, 3.05) is 33.9 Å². The number of nitrogens with zero attached hydrogens (tertiary/aromatic N) is 1. The van der Waals surface area contributed by atoms with Crippen molar-refractivity contribution in [2.24, 2.45) is 0 Å². The maximum atomic E-state index is 12.5. The second kappa shape index (κ2) is 8.72. The Balaban J connectivity index is 1.74. The Labute approximate surface area is 154 Å². The third-order valence-electron chi connectivity index (χ3n) is 4.89. The highest BCUT2D eigenvalue weighted by Gasteiger charge is 2.26. The molecular formula is C21H26N2O3. The number of benzene rings is 2. The van der Waals surface area contributed by atoms with Gasteiger partial charge in [-0.15, -0.1) is 0 Å². The quantitative estimate of drug-likeness (QED) is 0.829. The highest BCUT2D eigenvalue weighted by atomic mass is 16.5. The zero-order chi connectivity index (χ0) is 18.4. The highest BCUT2D eigenvalue weighted by molar-refractivity contribution is 5.94. The van der Waals surface area contributed by atoms with Crippen LogP contribution in [0, 0.1) is 0 Å². The Kier molecular flexibility index (Phi) is 6.12. The SMILES string of the molecule is COc1ccc(C(=O)NCC(c2ccccc2OC)N2CCCC2)cc1. The molecule has 2 aromatic rings. The number of carbonyl (C=O) groups excluding carboxylic acids is 1. The van der Waals surface area contributed by atoms with E-state index in [1.165, 1.54) is 12.8 Å². The summed E-state index contributed by atoms with van der Waals surface area (Å²) in [6.07, 6.45) is 2.39. The van der Waals surface area contributed by atoms with Crippen LogP contribution in [0.3, 0.4) is 0 Å². The predicted molar refractivity (Wildman–Crippen MR) is 102 cm³/mol. The van der Waals surface area contributed by atoms with Gasteiger partial charge in [0.2, 0.25) is 0 Å². The van der Waals surface area contributed by atoms with Crippen molar-refractivity contribution >= 4 is 5.91 Å². The van der Waals surface area contributed by atoms with E-state index in [1.807, 2.05) is 18.2 Å². The molecule has 1 atom stereocenters. The minimum absolute atomic E-state index is 0.0771. The van der Waals surface area contributed by atoms with E-state index in [0.717, 1.165) is 30.2 Å². The lowest BCUT2D eigenvalue weighted by atomic mass is 10.0. The minimum Gasteiger partial charge on any atom is -0.497 e. The monoisotopic (exact) mass is 354 g/mol. The van der Waals surface area contributed by atoms with Crippen LogP contribution in [0.25, 0.3) is 0 Å². The number of carbonyl (C=O) groups is 1. The van der Waals surface area contributed by atoms with Crippen LogP contribution in [0.2, 0.25) is 0 Å². The maximum absolute atomic E-state index is 12.5. The molecule has 3 rings (SSSR count). The van der Waals surface area contributed by atoms with Crippen molar-refractivity contribution in [3.05, 3.63) is 59.7 Å². The number of hydrogen-bond acceptors (Lipinski definition) is 4. The molecule has 1 heterocycles. The summed E-state index contributed by atoms with van der Waals surface area (Å²) in [5.74, 6) is 1.53. The van der Waals surface area contributed by atoms with Gasteiger partial charge >= 0.3 is 0 Å². The third-order valence-corrected chi connectivity index (χ3v) is 4.89. The van der Waals surface area contributed by atoms with Crippen molar-refractivity contribution in [3.8, 4) is 11.5 Å². The largest absolute Gasteiger partial charge is 0.497 e. The normalized spacial score (nSPS) is 15.5. The van der Waals surface area contributed by atoms with Gasteiger partial charge in [-0.2, -0.15) is 0 Å². The third kappa shape index (κ3) is 4.17. The van der Waals surface area contributed by atoms with Gasteiger partial charge in [0.05, 0.1) is 20.3 Å². The molecule has 5 heteroatoms. The number of rotatable bonds is 7. The Morgan fingerprint density at radius 1 is 1.04 bits per heavy atom. The van der Waals surface area contributed by atoms with Crippen molar-refractivity contribution < 1.29 is 14.3 Å². The predicted octanol–water partition coefficient (Wildman–Crippen LogP) is 3.27. The van der Waals surface area contributed by atoms with Crippen LogP contribution in [-0.2, 0) is 0 Å². The molecule has 1 amide bonds. The first-order chi connectivity index (χ1) is 12.7. The molecule has 0 radical (unpaired) electrons. The molecule has 1 fully saturated rings. The number of para-hydroxylation sites is 1. The Morgan fingerprint density at radius 3 is 2.38 bits per heavy atom. The summed E-state index contributed by atoms with van der Waals surface area (Å²) in [7, 11) is 3.30. The van der Waals surface area contributed by atoms with E-state index in [1.54, 1.807) is 38.5 Å². The first-order valence-electron chi connectivity index (χ1n) is 9.02. The van der Waals surface area contributed by atoms with Gasteiger partial charge in [0.25, 0.3) is 5.91 Å². The lowest BCUT2D eigenvalue weighted by Crippen LogP contribution is -2.37. The molecule has 0 spiro atoms. The number of methoxy groups -OCH3 is 2. The van der Waals surface area contributed by atoms with Crippen LogP contribution < -0.4 is 14.8 Å². The summed E-state index contributed by atoms with van der Waals surface area (Å²) >= 11 is 0. The Hall–Kier alpha value is -2.53. The first-order valence-corrected chi connectivity index (χ1v) is 9.02. The van der Waals surface area contributed by atoms with Crippen molar-refractivity contribution in [1.82, 2.24) is 10.2 Å². The molecule has 0 saturated carbocycles. The van der Waals surface area contributed by atoms with E-state index in [9.17, 15) is 4.79 Å². The molecule has 1 aliphatic heterocycles. The Morgan fingerprint density at radius 2 is 1.73 bits per heavy atom. The van der Waals surface area contributed by atoms with Gasteiger partial charge in [0.15, 0.2) is 0 Å². The summed E-state index contributed by atoms with van der Waals surface area (Å²) in [5, 5.41) is 3.09. The number of nitrogens with one attached hydrogen (secondary N) is 1. The minimum atomic E-state index is -0.0771. The highest BCUT2D eigenvalue weighted by Crippen LogP contribution is 2.31. The molecule has 138 valence electrons. The first kappa shape index (κ1) is 18.3. The summed E-state index contributed by atoms with van der Waals surface area (Å²) in [6, 6.07) is 15.3. The average molecular weight is 354 g/mol. The van der Waals surface area contributed by atoms with E-state index in [4.69, 9.17) is 9.47 Å². The molecule has 1 aliphatic rings. The van der Waals surface area contributed by atoms with Crippen molar-refractivity contribution in [1.29, 1.82) is 0 Å². The van der Waals surface area contributed by atoms with Gasteiger partial charge in [0.1, 0.15) is 11.5 Å². The molecule has 0 aliphatic carbocycles. The second-order valence-electron chi connectivity index (χ2n) is 6.44. The van der Waals surface area contributed by atoms with Crippen LogP contribution in [0.1, 0.15) is 34.8 Å². The average Bonchev–Trinajstić information content (AvgIpc) is 3.23. The molecule has 1 saturated heterocycles. The standard InChI is InChI=1S/C21H26N2O3/c1-25-17-11-9-16(10-12-17)21(24)22-15-19(23-13-5-6-14-23)18-7-3-4-8-20(18)26-2/h3-4,7-12,19H,5-6,13-15H2,1-2H3,(H,22,24). The van der Waals surface area contributed by atoms with E-state index < -0.39 is 0 Å². The van der Waals surface area contributed by atoms with E-state index >= 15 is 0 Å². The second-order valence-corrected chi connectivity index (χ2v) is 6.44. The fourth-order valence-corrected chi connectivity index (χ4v) is 3.46. The molecule has 2 aromatic carbocycles. The fourth-order valence-electron chi connectivity index (χ4n) is 3.46. The number of ether oxygens (including phenoxy) is 2. The van der Waals surface area contributed by atoms with Crippen LogP contribution in [0.4, 0.5) is 0 Å². The fraction of sp³-hybridized carbons (Fsp3) is 0.381. The molecular weight excluding hydrogens is 328 g/mol. The van der Waals surface area contributed by atoms with Crippen molar-refractivity contribution in [3.63, 3.8) is 0 Å². The van der Waals surface area contributed by atoms with Gasteiger partial charge in [0, 0.05) is 17.7 Å². The lowest BCUT2D eigenvalue weighted by Gasteiger charge is -2.29. The summed E-state index contributed by atoms with van der Waals surface area (Å²) in [4.78, 5) is 15.0. The van der Waals surface area contributed by atoms with Gasteiger partial charge in [-0.05, 0) is 56.3 Å². The summed E-state index contributed by atoms with van der Waals surface area (Å²) in [6.45, 7) is 2.63.